The number of esters is 1. The number of aromatic nitrogens is 1. The quantitative estimate of drug-likeness (QED) is 0.720. The smallest absolute Gasteiger partial charge is 0.310 e. The predicted octanol–water partition coefficient (Wildman–Crippen LogP) is 2.43. The van der Waals surface area contributed by atoms with Gasteiger partial charge in [0.25, 0.3) is 5.91 Å². The normalized spacial score (nSPS) is 23.8. The summed E-state index contributed by atoms with van der Waals surface area (Å²) in [4.78, 5) is 45.8. The summed E-state index contributed by atoms with van der Waals surface area (Å²) in [5.41, 5.74) is 1.31. The molecule has 2 fully saturated rings. The predicted molar refractivity (Wildman–Crippen MR) is 108 cm³/mol. The van der Waals surface area contributed by atoms with E-state index in [4.69, 9.17) is 4.74 Å². The van der Waals surface area contributed by atoms with Crippen molar-refractivity contribution in [1.82, 2.24) is 14.8 Å². The summed E-state index contributed by atoms with van der Waals surface area (Å²) in [5.74, 6) is -0.987. The van der Waals surface area contributed by atoms with Crippen LogP contribution in [0.1, 0.15) is 30.3 Å². The molecule has 0 spiro atoms. The van der Waals surface area contributed by atoms with Crippen molar-refractivity contribution in [3.63, 3.8) is 0 Å². The summed E-state index contributed by atoms with van der Waals surface area (Å²) >= 11 is 1.41. The van der Waals surface area contributed by atoms with Crippen molar-refractivity contribution in [3.8, 4) is 10.6 Å². The molecule has 8 heteroatoms. The summed E-state index contributed by atoms with van der Waals surface area (Å²) < 4.78 is 4.93. The van der Waals surface area contributed by atoms with E-state index in [1.807, 2.05) is 37.3 Å². The average Bonchev–Trinajstić information content (AvgIpc) is 3.38. The molecule has 3 heterocycles. The molecule has 152 valence electrons. The molecule has 0 radical (unpaired) electrons. The number of hydrogen-bond acceptors (Lipinski definition) is 6. The molecule has 0 bridgehead atoms. The molecule has 2 amide bonds. The van der Waals surface area contributed by atoms with Gasteiger partial charge in [-0.2, -0.15) is 0 Å². The summed E-state index contributed by atoms with van der Waals surface area (Å²) in [5, 5.41) is 2.51. The first-order valence-electron chi connectivity index (χ1n) is 9.72. The molecule has 2 saturated heterocycles. The van der Waals surface area contributed by atoms with E-state index in [-0.39, 0.29) is 42.3 Å². The lowest BCUT2D eigenvalue weighted by Gasteiger charge is -2.39. The fourth-order valence-electron chi connectivity index (χ4n) is 4.43. The Hall–Kier alpha value is -2.74. The van der Waals surface area contributed by atoms with Gasteiger partial charge < -0.3 is 14.5 Å². The number of nitrogens with zero attached hydrogens (tertiary/aromatic N) is 3. The molecule has 2 aromatic rings. The Labute approximate surface area is 173 Å². The summed E-state index contributed by atoms with van der Waals surface area (Å²) in [7, 11) is 1.37. The zero-order valence-corrected chi connectivity index (χ0v) is 17.2. The topological polar surface area (TPSA) is 79.8 Å². The number of ether oxygens (including phenoxy) is 1. The number of fused-ring (bicyclic) bond motifs is 1. The van der Waals surface area contributed by atoms with Crippen molar-refractivity contribution in [2.24, 2.45) is 5.92 Å². The van der Waals surface area contributed by atoms with Gasteiger partial charge in [-0.15, -0.1) is 11.3 Å². The Kier molecular flexibility index (Phi) is 5.36. The van der Waals surface area contributed by atoms with E-state index in [1.165, 1.54) is 18.4 Å². The maximum atomic E-state index is 13.0. The molecule has 2 aliphatic heterocycles. The monoisotopic (exact) mass is 413 g/mol. The van der Waals surface area contributed by atoms with Crippen LogP contribution in [0.25, 0.3) is 10.6 Å². The fourth-order valence-corrected chi connectivity index (χ4v) is 5.23. The standard InChI is InChI=1S/C21H23N3O4S/c1-3-17-15(21(27)28-2)9-14-10-23(11-18(25)24(14)17)20(26)16-12-29-19(22-16)13-7-5-4-6-8-13/h4-8,12,14-15,17H,3,9-11H2,1-2H3/t14-,15-,17-/m0/s1. The van der Waals surface area contributed by atoms with E-state index in [0.29, 0.717) is 25.1 Å². The number of carbonyl (C=O) groups is 3. The number of carbonyl (C=O) groups excluding carboxylic acids is 3. The van der Waals surface area contributed by atoms with Crippen molar-refractivity contribution in [2.45, 2.75) is 31.8 Å². The van der Waals surface area contributed by atoms with Crippen LogP contribution >= 0.6 is 11.3 Å². The minimum absolute atomic E-state index is 0.0118. The Morgan fingerprint density at radius 3 is 2.72 bits per heavy atom. The number of methoxy groups -OCH3 is 1. The zero-order valence-electron chi connectivity index (χ0n) is 16.4. The Balaban J connectivity index is 1.52. The number of amides is 2. The van der Waals surface area contributed by atoms with E-state index >= 15 is 0 Å². The lowest BCUT2D eigenvalue weighted by molar-refractivity contribution is -0.147. The van der Waals surface area contributed by atoms with Crippen molar-refractivity contribution in [3.05, 3.63) is 41.4 Å². The fraction of sp³-hybridized carbons (Fsp3) is 0.429. The van der Waals surface area contributed by atoms with Crippen molar-refractivity contribution < 1.29 is 19.1 Å². The summed E-state index contributed by atoms with van der Waals surface area (Å²) in [6, 6.07) is 9.36. The van der Waals surface area contributed by atoms with E-state index in [9.17, 15) is 14.4 Å². The molecular weight excluding hydrogens is 390 g/mol. The van der Waals surface area contributed by atoms with Gasteiger partial charge in [0, 0.05) is 23.5 Å². The SMILES string of the molecule is CC[C@H]1[C@@H](C(=O)OC)C[C@H]2CN(C(=O)c3csc(-c4ccccc4)n3)CC(=O)N21. The maximum absolute atomic E-state index is 13.0. The van der Waals surface area contributed by atoms with Crippen molar-refractivity contribution in [2.75, 3.05) is 20.2 Å². The highest BCUT2D eigenvalue weighted by atomic mass is 32.1. The van der Waals surface area contributed by atoms with Gasteiger partial charge in [-0.3, -0.25) is 14.4 Å². The third-order valence-corrected chi connectivity index (χ3v) is 6.63. The molecule has 4 rings (SSSR count). The lowest BCUT2D eigenvalue weighted by Crippen LogP contribution is -2.57. The highest BCUT2D eigenvalue weighted by molar-refractivity contribution is 7.13. The van der Waals surface area contributed by atoms with Crippen molar-refractivity contribution in [1.29, 1.82) is 0 Å². The van der Waals surface area contributed by atoms with Crippen molar-refractivity contribution >= 4 is 29.1 Å². The van der Waals surface area contributed by atoms with Crippen LogP contribution in [0.5, 0.6) is 0 Å². The Morgan fingerprint density at radius 1 is 1.28 bits per heavy atom. The van der Waals surface area contributed by atoms with Crippen LogP contribution in [0, 0.1) is 5.92 Å². The van der Waals surface area contributed by atoms with Crippen LogP contribution in [0.4, 0.5) is 0 Å². The van der Waals surface area contributed by atoms with Gasteiger partial charge in [-0.05, 0) is 12.8 Å². The molecule has 7 nitrogen and oxygen atoms in total. The van der Waals surface area contributed by atoms with Crippen LogP contribution in [0.3, 0.4) is 0 Å². The molecule has 3 atom stereocenters. The van der Waals surface area contributed by atoms with Gasteiger partial charge in [0.2, 0.25) is 5.91 Å². The largest absolute Gasteiger partial charge is 0.469 e. The van der Waals surface area contributed by atoms with Crippen LogP contribution in [0.15, 0.2) is 35.7 Å². The third kappa shape index (κ3) is 3.53. The number of piperazine rings is 1. The van der Waals surface area contributed by atoms with Gasteiger partial charge in [-0.1, -0.05) is 37.3 Å². The number of rotatable bonds is 4. The minimum atomic E-state index is -0.335. The molecule has 1 aromatic heterocycles. The molecular formula is C21H23N3O4S. The lowest BCUT2D eigenvalue weighted by atomic mass is 9.97. The average molecular weight is 413 g/mol. The first kappa shape index (κ1) is 19.6. The second-order valence-electron chi connectivity index (χ2n) is 7.39. The van der Waals surface area contributed by atoms with Crippen LogP contribution in [0.2, 0.25) is 0 Å². The second-order valence-corrected chi connectivity index (χ2v) is 8.24. The summed E-state index contributed by atoms with van der Waals surface area (Å²) in [6.45, 7) is 2.39. The second kappa shape index (κ2) is 7.94. The van der Waals surface area contributed by atoms with Gasteiger partial charge in [0.15, 0.2) is 0 Å². The first-order valence-corrected chi connectivity index (χ1v) is 10.6. The summed E-state index contributed by atoms with van der Waals surface area (Å²) in [6.07, 6.45) is 1.20. The highest BCUT2D eigenvalue weighted by Gasteiger charge is 2.50. The third-order valence-electron chi connectivity index (χ3n) is 5.74. The number of hydrogen-bond donors (Lipinski definition) is 0. The Bertz CT molecular complexity index is 929. The Morgan fingerprint density at radius 2 is 2.03 bits per heavy atom. The first-order chi connectivity index (χ1) is 14.0. The maximum Gasteiger partial charge on any atom is 0.310 e. The molecule has 0 saturated carbocycles. The van der Waals surface area contributed by atoms with E-state index in [1.54, 1.807) is 15.2 Å². The van der Waals surface area contributed by atoms with Gasteiger partial charge in [-0.25, -0.2) is 4.98 Å². The highest BCUT2D eigenvalue weighted by Crippen LogP contribution is 2.36. The molecule has 0 aliphatic carbocycles. The van der Waals surface area contributed by atoms with Gasteiger partial charge in [0.1, 0.15) is 17.2 Å². The molecule has 0 unspecified atom stereocenters. The number of thiazole rings is 1. The molecule has 1 aromatic carbocycles. The van der Waals surface area contributed by atoms with Gasteiger partial charge in [0.05, 0.1) is 19.1 Å². The molecule has 0 N–H and O–H groups in total. The van der Waals surface area contributed by atoms with E-state index < -0.39 is 0 Å². The van der Waals surface area contributed by atoms with E-state index in [2.05, 4.69) is 4.98 Å². The van der Waals surface area contributed by atoms with Crippen LogP contribution < -0.4 is 0 Å². The van der Waals surface area contributed by atoms with Gasteiger partial charge >= 0.3 is 5.97 Å². The molecule has 29 heavy (non-hydrogen) atoms. The number of benzene rings is 1. The molecule has 2 aliphatic rings. The van der Waals surface area contributed by atoms with Crippen LogP contribution in [-0.4, -0.2) is 64.9 Å². The minimum Gasteiger partial charge on any atom is -0.469 e. The zero-order chi connectivity index (χ0) is 20.5. The van der Waals surface area contributed by atoms with Crippen LogP contribution in [-0.2, 0) is 14.3 Å². The van der Waals surface area contributed by atoms with E-state index in [0.717, 1.165) is 10.6 Å².